The zero-order chi connectivity index (χ0) is 22.0. The first-order chi connectivity index (χ1) is 14.9. The molecular formula is C19H30N8O3S. The van der Waals surface area contributed by atoms with Gasteiger partial charge in [-0.05, 0) is 33.9 Å². The number of thiazole rings is 1. The van der Waals surface area contributed by atoms with Crippen molar-refractivity contribution >= 4 is 22.4 Å². The lowest BCUT2D eigenvalue weighted by Crippen LogP contribution is -2.50. The van der Waals surface area contributed by atoms with Crippen molar-refractivity contribution in [3.05, 3.63) is 6.20 Å². The number of aliphatic hydroxyl groups is 1. The number of morpholine rings is 1. The highest BCUT2D eigenvalue weighted by atomic mass is 32.1. The minimum absolute atomic E-state index is 0.0256. The summed E-state index contributed by atoms with van der Waals surface area (Å²) in [6, 6.07) is 0.455. The minimum Gasteiger partial charge on any atom is -0.460 e. The topological polar surface area (TPSA) is 126 Å². The summed E-state index contributed by atoms with van der Waals surface area (Å²) in [5.41, 5.74) is 5.81. The van der Waals surface area contributed by atoms with Gasteiger partial charge in [0.25, 0.3) is 0 Å². The van der Waals surface area contributed by atoms with Gasteiger partial charge < -0.3 is 25.2 Å². The van der Waals surface area contributed by atoms with E-state index in [1.807, 2.05) is 19.0 Å². The van der Waals surface area contributed by atoms with E-state index in [9.17, 15) is 5.11 Å². The molecule has 0 saturated carbocycles. The number of piperidine rings is 1. The highest BCUT2D eigenvalue weighted by Crippen LogP contribution is 2.28. The number of rotatable bonds is 6. The second-order valence-electron chi connectivity index (χ2n) is 8.08. The quantitative estimate of drug-likeness (QED) is 0.597. The Hall–Kier alpha value is -2.12. The van der Waals surface area contributed by atoms with Crippen molar-refractivity contribution < 1.29 is 14.6 Å². The number of aromatic nitrogens is 4. The lowest BCUT2D eigenvalue weighted by atomic mass is 10.1. The van der Waals surface area contributed by atoms with Crippen molar-refractivity contribution in [3.63, 3.8) is 0 Å². The van der Waals surface area contributed by atoms with Crippen molar-refractivity contribution in [2.45, 2.75) is 38.3 Å². The molecule has 0 bridgehead atoms. The van der Waals surface area contributed by atoms with Gasteiger partial charge in [0.2, 0.25) is 5.95 Å². The van der Waals surface area contributed by atoms with E-state index in [2.05, 4.69) is 31.8 Å². The molecule has 0 aromatic carbocycles. The van der Waals surface area contributed by atoms with E-state index < -0.39 is 6.35 Å². The molecule has 3 N–H and O–H groups in total. The van der Waals surface area contributed by atoms with Crippen molar-refractivity contribution in [1.29, 1.82) is 0 Å². The largest absolute Gasteiger partial charge is 0.460 e. The highest BCUT2D eigenvalue weighted by Gasteiger charge is 2.28. The number of nitrogens with two attached hydrogens (primary N) is 1. The maximum Gasteiger partial charge on any atom is 0.322 e. The average Bonchev–Trinajstić information content (AvgIpc) is 3.20. The van der Waals surface area contributed by atoms with Gasteiger partial charge in [0, 0.05) is 19.6 Å². The van der Waals surface area contributed by atoms with E-state index in [1.165, 1.54) is 11.3 Å². The Labute approximate surface area is 185 Å². The first kappa shape index (κ1) is 22.1. The predicted molar refractivity (Wildman–Crippen MR) is 118 cm³/mol. The van der Waals surface area contributed by atoms with Crippen molar-refractivity contribution in [2.75, 3.05) is 57.6 Å². The molecule has 11 nitrogen and oxygen atoms in total. The summed E-state index contributed by atoms with van der Waals surface area (Å²) in [5, 5.41) is 10.7. The Morgan fingerprint density at radius 2 is 2.03 bits per heavy atom. The van der Waals surface area contributed by atoms with Crippen LogP contribution in [-0.4, -0.2) is 100 Å². The van der Waals surface area contributed by atoms with Crippen LogP contribution in [0.5, 0.6) is 6.01 Å². The second kappa shape index (κ2) is 9.57. The number of hydrogen-bond acceptors (Lipinski definition) is 12. The van der Waals surface area contributed by atoms with E-state index in [0.717, 1.165) is 30.8 Å². The zero-order valence-electron chi connectivity index (χ0n) is 18.1. The summed E-state index contributed by atoms with van der Waals surface area (Å²) in [7, 11) is 3.72. The molecule has 2 saturated heterocycles. The molecule has 2 aromatic rings. The molecule has 4 rings (SSSR count). The van der Waals surface area contributed by atoms with Crippen LogP contribution < -0.4 is 15.4 Å². The van der Waals surface area contributed by atoms with Gasteiger partial charge in [0.05, 0.1) is 30.3 Å². The number of aliphatic hydroxyl groups excluding tert-OH is 1. The van der Waals surface area contributed by atoms with Crippen LogP contribution in [0, 0.1) is 0 Å². The molecule has 0 aliphatic carbocycles. The Morgan fingerprint density at radius 1 is 1.26 bits per heavy atom. The average molecular weight is 451 g/mol. The normalized spacial score (nSPS) is 22.1. The molecule has 2 atom stereocenters. The molecule has 0 amide bonds. The Balaban J connectivity index is 1.53. The molecule has 0 radical (unpaired) electrons. The highest BCUT2D eigenvalue weighted by molar-refractivity contribution is 7.18. The molecule has 12 heteroatoms. The van der Waals surface area contributed by atoms with Crippen LogP contribution in [0.1, 0.15) is 19.8 Å². The maximum absolute atomic E-state index is 10.2. The van der Waals surface area contributed by atoms with Gasteiger partial charge in [-0.3, -0.25) is 9.80 Å². The van der Waals surface area contributed by atoms with Gasteiger partial charge in [0.15, 0.2) is 17.3 Å². The number of likely N-dealkylation sites (tertiary alicyclic amines) is 1. The number of nitrogen functional groups attached to an aromatic ring is 1. The molecule has 170 valence electrons. The fourth-order valence-corrected chi connectivity index (χ4v) is 4.37. The number of hydrogen-bond donors (Lipinski definition) is 2. The van der Waals surface area contributed by atoms with E-state index in [0.29, 0.717) is 42.7 Å². The number of ether oxygens (including phenoxy) is 2. The van der Waals surface area contributed by atoms with E-state index >= 15 is 0 Å². The maximum atomic E-state index is 10.2. The summed E-state index contributed by atoms with van der Waals surface area (Å²) in [6.07, 6.45) is 2.62. The number of anilines is 2. The van der Waals surface area contributed by atoms with Crippen LogP contribution in [0.25, 0.3) is 10.7 Å². The fourth-order valence-electron chi connectivity index (χ4n) is 3.75. The monoisotopic (exact) mass is 450 g/mol. The van der Waals surface area contributed by atoms with Gasteiger partial charge in [-0.1, -0.05) is 11.3 Å². The first-order valence-corrected chi connectivity index (χ1v) is 11.3. The van der Waals surface area contributed by atoms with Gasteiger partial charge in [-0.2, -0.15) is 15.0 Å². The summed E-state index contributed by atoms with van der Waals surface area (Å²) in [5.74, 6) is 1.08. The van der Waals surface area contributed by atoms with Crippen LogP contribution in [0.3, 0.4) is 0 Å². The fraction of sp³-hybridized carbons (Fsp3) is 0.684. The Kier molecular flexibility index (Phi) is 6.82. The van der Waals surface area contributed by atoms with Gasteiger partial charge in [-0.25, -0.2) is 4.98 Å². The Morgan fingerprint density at radius 3 is 2.68 bits per heavy atom. The third-order valence-electron chi connectivity index (χ3n) is 5.51. The van der Waals surface area contributed by atoms with Gasteiger partial charge >= 0.3 is 6.01 Å². The molecule has 2 aliphatic rings. The van der Waals surface area contributed by atoms with Crippen LogP contribution >= 0.6 is 11.3 Å². The van der Waals surface area contributed by atoms with Crippen LogP contribution in [-0.2, 0) is 4.74 Å². The van der Waals surface area contributed by atoms with Crippen molar-refractivity contribution in [2.24, 2.45) is 0 Å². The van der Waals surface area contributed by atoms with Gasteiger partial charge in [0.1, 0.15) is 6.10 Å². The second-order valence-corrected chi connectivity index (χ2v) is 9.15. The zero-order valence-corrected chi connectivity index (χ0v) is 19.0. The van der Waals surface area contributed by atoms with Crippen molar-refractivity contribution in [3.8, 4) is 16.7 Å². The SMILES string of the molecule is CC1COCCN1c1nc(OC2CCN(C(O)N(C)C)CC2)nc(-c2cnc(N)s2)n1. The van der Waals surface area contributed by atoms with Crippen LogP contribution in [0.4, 0.5) is 11.1 Å². The molecule has 4 heterocycles. The summed E-state index contributed by atoms with van der Waals surface area (Å²) in [6.45, 7) is 5.51. The molecule has 2 aromatic heterocycles. The lowest BCUT2D eigenvalue weighted by molar-refractivity contribution is -0.106. The van der Waals surface area contributed by atoms with Crippen molar-refractivity contribution in [1.82, 2.24) is 29.7 Å². The molecule has 2 aliphatic heterocycles. The molecule has 31 heavy (non-hydrogen) atoms. The third kappa shape index (κ3) is 5.21. The minimum atomic E-state index is -0.587. The lowest BCUT2D eigenvalue weighted by Gasteiger charge is -2.37. The van der Waals surface area contributed by atoms with E-state index in [4.69, 9.17) is 15.2 Å². The van der Waals surface area contributed by atoms with Crippen LogP contribution in [0.2, 0.25) is 0 Å². The van der Waals surface area contributed by atoms with Crippen LogP contribution in [0.15, 0.2) is 6.20 Å². The molecule has 0 spiro atoms. The van der Waals surface area contributed by atoms with E-state index in [1.54, 1.807) is 11.1 Å². The standard InChI is InChI=1S/C19H30N8O3S/c1-12-11-29-9-8-27(12)17-22-15(14-10-21-16(20)31-14)23-18(24-17)30-13-4-6-26(7-5-13)19(28)25(2)3/h10,12-13,19,28H,4-9,11H2,1-3H3,(H2,20,21). The molecule has 2 fully saturated rings. The first-order valence-electron chi connectivity index (χ1n) is 10.5. The molecule has 2 unspecified atom stereocenters. The summed E-state index contributed by atoms with van der Waals surface area (Å²) in [4.78, 5) is 24.7. The van der Waals surface area contributed by atoms with E-state index in [-0.39, 0.29) is 12.1 Å². The number of nitrogens with zero attached hydrogens (tertiary/aromatic N) is 7. The Bertz CT molecular complexity index is 874. The predicted octanol–water partition coefficient (Wildman–Crippen LogP) is 0.483. The molecular weight excluding hydrogens is 420 g/mol. The smallest absolute Gasteiger partial charge is 0.322 e. The summed E-state index contributed by atoms with van der Waals surface area (Å²) >= 11 is 1.33. The third-order valence-corrected chi connectivity index (χ3v) is 6.33. The summed E-state index contributed by atoms with van der Waals surface area (Å²) < 4.78 is 11.7. The van der Waals surface area contributed by atoms with Gasteiger partial charge in [-0.15, -0.1) is 0 Å².